The van der Waals surface area contributed by atoms with Gasteiger partial charge < -0.3 is 17.5 Å². The minimum Gasteiger partial charge on any atom is -1.00 e. The molecule has 0 saturated carbocycles. The standard InChI is InChI=1S/C12H26.K.Na.H3O4P.2H/c1-3-5-7-9-11-12-10-8-6-4-2;;;1-5(2,3)4;;/h3-12H2,1-2H3;;;(H3,1,2,3,4);;/q;2*+1;;2*-1. The van der Waals surface area contributed by atoms with E-state index < -0.39 is 7.82 Å². The first kappa shape index (κ1) is 29.7. The van der Waals surface area contributed by atoms with Gasteiger partial charge in [0.1, 0.15) is 0 Å². The fourth-order valence-electron chi connectivity index (χ4n) is 1.56. The Hall–Kier alpha value is 2.75. The molecule has 110 valence electrons. The molecule has 0 aliphatic rings. The van der Waals surface area contributed by atoms with E-state index in [0.29, 0.717) is 0 Å². The molecule has 0 spiro atoms. The second-order valence-electron chi connectivity index (χ2n) is 4.34. The van der Waals surface area contributed by atoms with Crippen LogP contribution in [0, 0.1) is 0 Å². The van der Waals surface area contributed by atoms with Gasteiger partial charge >= 0.3 is 88.8 Å². The molecule has 7 heteroatoms. The third-order valence-corrected chi connectivity index (χ3v) is 2.46. The van der Waals surface area contributed by atoms with E-state index >= 15 is 0 Å². The SMILES string of the molecule is CCCCCCCCCCCC.O=P(O)(O)O.[H-].[H-].[K+].[Na+]. The van der Waals surface area contributed by atoms with E-state index in [2.05, 4.69) is 13.8 Å². The number of hydrogen-bond donors (Lipinski definition) is 3. The third kappa shape index (κ3) is 52.8. The molecule has 0 fully saturated rings. The van der Waals surface area contributed by atoms with Gasteiger partial charge in [0.2, 0.25) is 0 Å². The van der Waals surface area contributed by atoms with E-state index in [-0.39, 0.29) is 83.8 Å². The smallest absolute Gasteiger partial charge is 1.00 e. The molecule has 19 heavy (non-hydrogen) atoms. The van der Waals surface area contributed by atoms with Crippen LogP contribution in [0.25, 0.3) is 0 Å². The van der Waals surface area contributed by atoms with Crippen LogP contribution in [0.4, 0.5) is 0 Å². The summed E-state index contributed by atoms with van der Waals surface area (Å²) in [6.07, 6.45) is 14.4. The quantitative estimate of drug-likeness (QED) is 0.265. The first-order valence-corrected chi connectivity index (χ1v) is 8.26. The average molecular weight is 332 g/mol. The molecule has 0 bridgehead atoms. The zero-order chi connectivity index (χ0) is 13.6. The fraction of sp³-hybridized carbons (Fsp3) is 1.00. The Labute approximate surface area is 186 Å². The van der Waals surface area contributed by atoms with Crippen molar-refractivity contribution in [2.75, 3.05) is 0 Å². The molecule has 0 aromatic rings. The van der Waals surface area contributed by atoms with Crippen LogP contribution in [0.15, 0.2) is 0 Å². The molecule has 0 atom stereocenters. The molecule has 0 rings (SSSR count). The van der Waals surface area contributed by atoms with Crippen LogP contribution in [0.5, 0.6) is 0 Å². The van der Waals surface area contributed by atoms with Gasteiger partial charge in [-0.3, -0.25) is 0 Å². The summed E-state index contributed by atoms with van der Waals surface area (Å²) in [6, 6.07) is 0. The van der Waals surface area contributed by atoms with Gasteiger partial charge in [0.15, 0.2) is 0 Å². The normalized spacial score (nSPS) is 9.74. The summed E-state index contributed by atoms with van der Waals surface area (Å²) in [5.41, 5.74) is 0. The van der Waals surface area contributed by atoms with Crippen molar-refractivity contribution in [3.8, 4) is 0 Å². The van der Waals surface area contributed by atoms with Crippen LogP contribution in [0.3, 0.4) is 0 Å². The molecule has 0 aliphatic heterocycles. The molecule has 4 nitrogen and oxygen atoms in total. The Morgan fingerprint density at radius 1 is 0.737 bits per heavy atom. The molecule has 0 amide bonds. The largest absolute Gasteiger partial charge is 1.00 e. The van der Waals surface area contributed by atoms with Crippen LogP contribution < -0.4 is 80.9 Å². The molecule has 0 aromatic heterocycles. The summed E-state index contributed by atoms with van der Waals surface area (Å²) in [5.74, 6) is 0. The average Bonchev–Trinajstić information content (AvgIpc) is 2.20. The summed E-state index contributed by atoms with van der Waals surface area (Å²) >= 11 is 0. The Bertz CT molecular complexity index is 182. The van der Waals surface area contributed by atoms with E-state index in [1.54, 1.807) is 0 Å². The van der Waals surface area contributed by atoms with E-state index in [0.717, 1.165) is 0 Å². The second kappa shape index (κ2) is 23.0. The van der Waals surface area contributed by atoms with Crippen molar-refractivity contribution in [3.63, 3.8) is 0 Å². The van der Waals surface area contributed by atoms with Crippen molar-refractivity contribution >= 4 is 7.82 Å². The van der Waals surface area contributed by atoms with Crippen molar-refractivity contribution in [3.05, 3.63) is 0 Å². The van der Waals surface area contributed by atoms with Crippen molar-refractivity contribution in [2.24, 2.45) is 0 Å². The first-order chi connectivity index (χ1) is 7.91. The fourth-order valence-corrected chi connectivity index (χ4v) is 1.56. The Kier molecular flexibility index (Phi) is 36.0. The summed E-state index contributed by atoms with van der Waals surface area (Å²) in [7, 11) is -4.64. The van der Waals surface area contributed by atoms with E-state index in [1.165, 1.54) is 64.2 Å². The van der Waals surface area contributed by atoms with E-state index in [4.69, 9.17) is 19.2 Å². The van der Waals surface area contributed by atoms with Gasteiger partial charge in [0.25, 0.3) is 0 Å². The van der Waals surface area contributed by atoms with Crippen LogP contribution in [0.2, 0.25) is 0 Å². The number of rotatable bonds is 9. The minimum absolute atomic E-state index is 0. The van der Waals surface area contributed by atoms with Gasteiger partial charge in [0.05, 0.1) is 0 Å². The maximum absolute atomic E-state index is 8.88. The predicted molar refractivity (Wildman–Crippen MR) is 74.0 cm³/mol. The molecule has 3 N–H and O–H groups in total. The van der Waals surface area contributed by atoms with Gasteiger partial charge in [-0.1, -0.05) is 78.1 Å². The first-order valence-electron chi connectivity index (χ1n) is 6.70. The summed E-state index contributed by atoms with van der Waals surface area (Å²) in [5, 5.41) is 0. The Balaban J connectivity index is -0.0000000552. The molecule has 0 aliphatic carbocycles. The molecule has 0 radical (unpaired) electrons. The molecule has 0 saturated heterocycles. The number of phosphoric acid groups is 1. The van der Waals surface area contributed by atoms with Crippen molar-refractivity contribution in [2.45, 2.75) is 78.1 Å². The van der Waals surface area contributed by atoms with E-state index in [1.807, 2.05) is 0 Å². The zero-order valence-corrected chi connectivity index (χ0v) is 19.3. The molecular weight excluding hydrogens is 301 g/mol. The van der Waals surface area contributed by atoms with Crippen molar-refractivity contribution in [1.82, 2.24) is 0 Å². The zero-order valence-electron chi connectivity index (χ0n) is 15.3. The van der Waals surface area contributed by atoms with Gasteiger partial charge in [-0.15, -0.1) is 0 Å². The Morgan fingerprint density at radius 3 is 1.05 bits per heavy atom. The molecular formula is C12H31KNaO4P. The minimum atomic E-state index is -4.64. The van der Waals surface area contributed by atoms with Gasteiger partial charge in [-0.25, -0.2) is 4.57 Å². The van der Waals surface area contributed by atoms with Crippen LogP contribution in [-0.4, -0.2) is 14.7 Å². The molecule has 0 heterocycles. The van der Waals surface area contributed by atoms with Crippen molar-refractivity contribution < 1.29 is 103 Å². The van der Waals surface area contributed by atoms with Crippen LogP contribution in [-0.2, 0) is 4.57 Å². The maximum Gasteiger partial charge on any atom is 1.00 e. The third-order valence-electron chi connectivity index (χ3n) is 2.46. The van der Waals surface area contributed by atoms with Gasteiger partial charge in [-0.2, -0.15) is 0 Å². The van der Waals surface area contributed by atoms with Crippen LogP contribution in [0.1, 0.15) is 80.9 Å². The maximum atomic E-state index is 8.88. The molecule has 0 unspecified atom stereocenters. The summed E-state index contributed by atoms with van der Waals surface area (Å²) in [6.45, 7) is 4.56. The van der Waals surface area contributed by atoms with Gasteiger partial charge in [-0.05, 0) is 0 Å². The van der Waals surface area contributed by atoms with Crippen molar-refractivity contribution in [1.29, 1.82) is 0 Å². The van der Waals surface area contributed by atoms with E-state index in [9.17, 15) is 0 Å². The monoisotopic (exact) mass is 332 g/mol. The van der Waals surface area contributed by atoms with Gasteiger partial charge in [0, 0.05) is 0 Å². The summed E-state index contributed by atoms with van der Waals surface area (Å²) in [4.78, 5) is 21.6. The second-order valence-corrected chi connectivity index (χ2v) is 5.37. The number of hydrogen-bond acceptors (Lipinski definition) is 1. The van der Waals surface area contributed by atoms with Crippen LogP contribution >= 0.6 is 7.82 Å². The number of unbranched alkanes of at least 4 members (excludes halogenated alkanes) is 9. The predicted octanol–water partition coefficient (Wildman–Crippen LogP) is -1.77. The molecule has 0 aromatic carbocycles. The topological polar surface area (TPSA) is 77.8 Å². The Morgan fingerprint density at radius 2 is 0.895 bits per heavy atom. The summed E-state index contributed by atoms with van der Waals surface area (Å²) < 4.78 is 8.88.